The van der Waals surface area contributed by atoms with E-state index in [1.54, 1.807) is 0 Å². The summed E-state index contributed by atoms with van der Waals surface area (Å²) in [4.78, 5) is 12.4. The van der Waals surface area contributed by atoms with Gasteiger partial charge in [-0.15, -0.1) is 12.4 Å². The van der Waals surface area contributed by atoms with Gasteiger partial charge in [-0.1, -0.05) is 24.3 Å². The minimum atomic E-state index is -0.377. The molecule has 2 saturated heterocycles. The molecule has 0 spiro atoms. The van der Waals surface area contributed by atoms with Crippen LogP contribution in [0.1, 0.15) is 24.0 Å². The molecule has 24 heavy (non-hydrogen) atoms. The summed E-state index contributed by atoms with van der Waals surface area (Å²) in [6.45, 7) is 6.26. The first-order valence-electron chi connectivity index (χ1n) is 8.45. The average molecular weight is 355 g/mol. The first kappa shape index (κ1) is 19.2. The summed E-state index contributed by atoms with van der Waals surface area (Å²) in [5.74, 6) is -0.0170. The smallest absolute Gasteiger partial charge is 0.250 e. The fourth-order valence-electron chi connectivity index (χ4n) is 3.58. The van der Waals surface area contributed by atoms with Crippen LogP contribution in [0, 0.1) is 6.92 Å². The van der Waals surface area contributed by atoms with Crippen molar-refractivity contribution < 1.29 is 14.3 Å². The quantitative estimate of drug-likeness (QED) is 0.861. The zero-order valence-corrected chi connectivity index (χ0v) is 15.0. The molecule has 1 aromatic rings. The molecule has 2 aliphatic rings. The van der Waals surface area contributed by atoms with Crippen LogP contribution >= 0.6 is 12.4 Å². The highest BCUT2D eigenvalue weighted by Gasteiger charge is 2.36. The van der Waals surface area contributed by atoms with Crippen molar-refractivity contribution in [3.05, 3.63) is 35.4 Å². The molecule has 6 heteroatoms. The molecule has 0 bridgehead atoms. The van der Waals surface area contributed by atoms with Gasteiger partial charge in [-0.05, 0) is 30.9 Å². The molecular weight excluding hydrogens is 328 g/mol. The Hall–Kier alpha value is -1.14. The van der Waals surface area contributed by atoms with Crippen molar-refractivity contribution in [2.45, 2.75) is 31.3 Å². The minimum absolute atomic E-state index is 0. The van der Waals surface area contributed by atoms with Crippen molar-refractivity contribution >= 4 is 18.3 Å². The van der Waals surface area contributed by atoms with E-state index in [0.717, 1.165) is 32.6 Å². The summed E-state index contributed by atoms with van der Waals surface area (Å²) >= 11 is 0. The van der Waals surface area contributed by atoms with Gasteiger partial charge in [0.25, 0.3) is 0 Å². The van der Waals surface area contributed by atoms with Gasteiger partial charge in [0.15, 0.2) is 0 Å². The predicted molar refractivity (Wildman–Crippen MR) is 95.8 cm³/mol. The summed E-state index contributed by atoms with van der Waals surface area (Å²) in [5, 5.41) is 6.33. The van der Waals surface area contributed by atoms with Gasteiger partial charge < -0.3 is 20.1 Å². The van der Waals surface area contributed by atoms with Gasteiger partial charge in [0.05, 0.1) is 6.61 Å². The summed E-state index contributed by atoms with van der Waals surface area (Å²) in [6.07, 6.45) is 1.49. The van der Waals surface area contributed by atoms with E-state index in [1.165, 1.54) is 11.1 Å². The van der Waals surface area contributed by atoms with E-state index >= 15 is 0 Å². The van der Waals surface area contributed by atoms with Gasteiger partial charge in [0.1, 0.15) is 6.10 Å². The predicted octanol–water partition coefficient (Wildman–Crippen LogP) is 1.57. The van der Waals surface area contributed by atoms with E-state index in [0.29, 0.717) is 19.7 Å². The highest BCUT2D eigenvalue weighted by molar-refractivity contribution is 5.85. The Morgan fingerprint density at radius 2 is 2.04 bits per heavy atom. The van der Waals surface area contributed by atoms with Crippen molar-refractivity contribution in [3.63, 3.8) is 0 Å². The number of hydrogen-bond donors (Lipinski definition) is 2. The molecule has 0 aliphatic carbocycles. The number of carbonyl (C=O) groups is 1. The van der Waals surface area contributed by atoms with Crippen molar-refractivity contribution in [1.82, 2.24) is 10.6 Å². The second kappa shape index (κ2) is 8.81. The molecule has 0 radical (unpaired) electrons. The van der Waals surface area contributed by atoms with Crippen LogP contribution in [0.25, 0.3) is 0 Å². The third-order valence-corrected chi connectivity index (χ3v) is 4.99. The number of aryl methyl sites for hydroxylation is 1. The average Bonchev–Trinajstić information content (AvgIpc) is 2.61. The topological polar surface area (TPSA) is 59.6 Å². The summed E-state index contributed by atoms with van der Waals surface area (Å²) in [5.41, 5.74) is 2.56. The standard InChI is InChI=1S/C18H26N2O3.ClH/c1-14-4-2-3-5-15(14)18(6-9-22-10-7-18)13-20-17(21)16-12-19-8-11-23-16;/h2-5,16,19H,6-13H2,1H3,(H,20,21);1H. The van der Waals surface area contributed by atoms with Crippen LogP contribution in [0.5, 0.6) is 0 Å². The lowest BCUT2D eigenvalue weighted by Gasteiger charge is -2.39. The van der Waals surface area contributed by atoms with Gasteiger partial charge in [-0.3, -0.25) is 4.79 Å². The van der Waals surface area contributed by atoms with Gasteiger partial charge in [-0.2, -0.15) is 0 Å². The molecule has 1 amide bonds. The van der Waals surface area contributed by atoms with Crippen LogP contribution in [0.4, 0.5) is 0 Å². The summed E-state index contributed by atoms with van der Waals surface area (Å²) < 4.78 is 11.1. The molecule has 2 heterocycles. The van der Waals surface area contributed by atoms with E-state index in [2.05, 4.69) is 41.8 Å². The fraction of sp³-hybridized carbons (Fsp3) is 0.611. The fourth-order valence-corrected chi connectivity index (χ4v) is 3.58. The van der Waals surface area contributed by atoms with Crippen LogP contribution in [-0.4, -0.2) is 51.5 Å². The van der Waals surface area contributed by atoms with E-state index in [9.17, 15) is 4.79 Å². The molecule has 2 N–H and O–H groups in total. The molecular formula is C18H27ClN2O3. The third-order valence-electron chi connectivity index (χ3n) is 4.99. The van der Waals surface area contributed by atoms with E-state index in [1.807, 2.05) is 0 Å². The lowest BCUT2D eigenvalue weighted by molar-refractivity contribution is -0.134. The number of rotatable bonds is 4. The summed E-state index contributed by atoms with van der Waals surface area (Å²) in [6, 6.07) is 8.47. The molecule has 0 aromatic heterocycles. The van der Waals surface area contributed by atoms with Crippen molar-refractivity contribution in [2.24, 2.45) is 0 Å². The lowest BCUT2D eigenvalue weighted by atomic mass is 9.72. The largest absolute Gasteiger partial charge is 0.381 e. The van der Waals surface area contributed by atoms with Crippen molar-refractivity contribution in [3.8, 4) is 0 Å². The SMILES string of the molecule is Cc1ccccc1C1(CNC(=O)C2CNCCO2)CCOCC1.Cl. The second-order valence-corrected chi connectivity index (χ2v) is 6.49. The van der Waals surface area contributed by atoms with Crippen LogP contribution in [0.15, 0.2) is 24.3 Å². The number of carbonyl (C=O) groups excluding carboxylic acids is 1. The van der Waals surface area contributed by atoms with Crippen LogP contribution in [0.3, 0.4) is 0 Å². The molecule has 1 atom stereocenters. The molecule has 3 rings (SSSR count). The monoisotopic (exact) mass is 354 g/mol. The van der Waals surface area contributed by atoms with Gasteiger partial charge in [-0.25, -0.2) is 0 Å². The third kappa shape index (κ3) is 4.28. The lowest BCUT2D eigenvalue weighted by Crippen LogP contribution is -2.51. The van der Waals surface area contributed by atoms with Gasteiger partial charge in [0.2, 0.25) is 5.91 Å². The number of nitrogens with one attached hydrogen (secondary N) is 2. The zero-order chi connectivity index (χ0) is 16.1. The van der Waals surface area contributed by atoms with Crippen molar-refractivity contribution in [2.75, 3.05) is 39.5 Å². The number of morpholine rings is 1. The molecule has 0 saturated carbocycles. The Balaban J connectivity index is 0.00000208. The first-order chi connectivity index (χ1) is 11.2. The number of halogens is 1. The van der Waals surface area contributed by atoms with E-state index in [-0.39, 0.29) is 29.8 Å². The molecule has 1 unspecified atom stereocenters. The maximum absolute atomic E-state index is 12.4. The highest BCUT2D eigenvalue weighted by atomic mass is 35.5. The Bertz CT molecular complexity index is 541. The van der Waals surface area contributed by atoms with Crippen LogP contribution < -0.4 is 10.6 Å². The van der Waals surface area contributed by atoms with Crippen LogP contribution in [0.2, 0.25) is 0 Å². The molecule has 2 aliphatic heterocycles. The summed E-state index contributed by atoms with van der Waals surface area (Å²) in [7, 11) is 0. The zero-order valence-electron chi connectivity index (χ0n) is 14.2. The maximum atomic E-state index is 12.4. The number of ether oxygens (including phenoxy) is 2. The maximum Gasteiger partial charge on any atom is 0.250 e. The second-order valence-electron chi connectivity index (χ2n) is 6.49. The number of benzene rings is 1. The molecule has 1 aromatic carbocycles. The minimum Gasteiger partial charge on any atom is -0.381 e. The number of hydrogen-bond acceptors (Lipinski definition) is 4. The van der Waals surface area contributed by atoms with Crippen molar-refractivity contribution in [1.29, 1.82) is 0 Å². The van der Waals surface area contributed by atoms with Crippen LogP contribution in [-0.2, 0) is 19.7 Å². The Kier molecular flexibility index (Phi) is 7.04. The molecule has 5 nitrogen and oxygen atoms in total. The van der Waals surface area contributed by atoms with E-state index < -0.39 is 0 Å². The van der Waals surface area contributed by atoms with E-state index in [4.69, 9.17) is 9.47 Å². The highest BCUT2D eigenvalue weighted by Crippen LogP contribution is 2.36. The number of amides is 1. The Labute approximate surface area is 149 Å². The van der Waals surface area contributed by atoms with Gasteiger partial charge in [0, 0.05) is 38.3 Å². The Morgan fingerprint density at radius 1 is 1.29 bits per heavy atom. The Morgan fingerprint density at radius 3 is 2.71 bits per heavy atom. The molecule has 2 fully saturated rings. The molecule has 134 valence electrons. The first-order valence-corrected chi connectivity index (χ1v) is 8.45. The normalized spacial score (nSPS) is 23.1. The van der Waals surface area contributed by atoms with Gasteiger partial charge >= 0.3 is 0 Å².